The Hall–Kier alpha value is -1.06. The van der Waals surface area contributed by atoms with Crippen molar-refractivity contribution in [3.8, 4) is 5.75 Å². The summed E-state index contributed by atoms with van der Waals surface area (Å²) in [6, 6.07) is 7.06. The molecule has 0 saturated carbocycles. The Morgan fingerprint density at radius 1 is 1.35 bits per heavy atom. The fourth-order valence-corrected chi connectivity index (χ4v) is 2.30. The largest absolute Gasteiger partial charge is 0.494 e. The molecule has 1 aliphatic heterocycles. The van der Waals surface area contributed by atoms with Gasteiger partial charge in [-0.3, -0.25) is 0 Å². The van der Waals surface area contributed by atoms with Crippen LogP contribution in [0.3, 0.4) is 0 Å². The molecule has 1 atom stereocenters. The van der Waals surface area contributed by atoms with E-state index in [9.17, 15) is 0 Å². The van der Waals surface area contributed by atoms with E-state index in [1.54, 1.807) is 0 Å². The molecule has 1 aromatic carbocycles. The number of rotatable bonds is 4. The summed E-state index contributed by atoms with van der Waals surface area (Å²) in [7, 11) is 0. The molecular formula is C14H22N2O. The van der Waals surface area contributed by atoms with Crippen LogP contribution in [0.15, 0.2) is 18.2 Å². The number of aryl methyl sites for hydroxylation is 1. The van der Waals surface area contributed by atoms with Crippen molar-refractivity contribution >= 4 is 0 Å². The van der Waals surface area contributed by atoms with Crippen LogP contribution in [0, 0.1) is 6.92 Å². The van der Waals surface area contributed by atoms with Crippen LogP contribution in [0.5, 0.6) is 5.75 Å². The monoisotopic (exact) mass is 234 g/mol. The molecule has 0 aromatic heterocycles. The highest BCUT2D eigenvalue weighted by Gasteiger charge is 2.12. The van der Waals surface area contributed by atoms with E-state index in [4.69, 9.17) is 4.74 Å². The highest BCUT2D eigenvalue weighted by atomic mass is 16.5. The second kappa shape index (κ2) is 6.03. The fraction of sp³-hybridized carbons (Fsp3) is 0.571. The fourth-order valence-electron chi connectivity index (χ4n) is 2.30. The maximum absolute atomic E-state index is 5.55. The van der Waals surface area contributed by atoms with E-state index >= 15 is 0 Å². The van der Waals surface area contributed by atoms with Gasteiger partial charge in [0.15, 0.2) is 0 Å². The molecule has 2 N–H and O–H groups in total. The van der Waals surface area contributed by atoms with Gasteiger partial charge in [-0.2, -0.15) is 0 Å². The first-order valence-electron chi connectivity index (χ1n) is 6.46. The molecule has 17 heavy (non-hydrogen) atoms. The maximum Gasteiger partial charge on any atom is 0.122 e. The third kappa shape index (κ3) is 3.45. The van der Waals surface area contributed by atoms with Crippen molar-refractivity contribution in [2.24, 2.45) is 0 Å². The predicted molar refractivity (Wildman–Crippen MR) is 70.7 cm³/mol. The molecular weight excluding hydrogens is 212 g/mol. The van der Waals surface area contributed by atoms with Crippen molar-refractivity contribution in [2.75, 3.05) is 26.2 Å². The summed E-state index contributed by atoms with van der Waals surface area (Å²) in [6.07, 6.45) is 1.08. The number of nitrogens with one attached hydrogen (secondary N) is 2. The van der Waals surface area contributed by atoms with Crippen LogP contribution in [-0.2, 0) is 6.42 Å². The number of ether oxygens (including phenoxy) is 1. The van der Waals surface area contributed by atoms with Gasteiger partial charge in [0.05, 0.1) is 6.61 Å². The van der Waals surface area contributed by atoms with Crippen LogP contribution >= 0.6 is 0 Å². The lowest BCUT2D eigenvalue weighted by Gasteiger charge is -2.24. The van der Waals surface area contributed by atoms with Gasteiger partial charge in [-0.05, 0) is 37.5 Å². The van der Waals surface area contributed by atoms with E-state index in [0.717, 1.165) is 38.4 Å². The average Bonchev–Trinajstić information content (AvgIpc) is 2.34. The molecule has 1 aromatic rings. The Labute approximate surface area is 104 Å². The lowest BCUT2D eigenvalue weighted by molar-refractivity contribution is 0.337. The summed E-state index contributed by atoms with van der Waals surface area (Å²) in [5, 5.41) is 6.95. The molecule has 1 heterocycles. The molecule has 94 valence electrons. The van der Waals surface area contributed by atoms with E-state index < -0.39 is 0 Å². The van der Waals surface area contributed by atoms with Gasteiger partial charge in [-0.25, -0.2) is 0 Å². The Morgan fingerprint density at radius 2 is 2.24 bits per heavy atom. The van der Waals surface area contributed by atoms with Gasteiger partial charge in [0, 0.05) is 25.7 Å². The van der Waals surface area contributed by atoms with Crippen molar-refractivity contribution < 1.29 is 4.74 Å². The summed E-state index contributed by atoms with van der Waals surface area (Å²) < 4.78 is 5.55. The molecule has 1 fully saturated rings. The Balaban J connectivity index is 1.98. The molecule has 0 radical (unpaired) electrons. The SMILES string of the molecule is CCOc1ccc(CC2CNCCN2)cc1C. The third-order valence-corrected chi connectivity index (χ3v) is 3.15. The molecule has 0 spiro atoms. The molecule has 3 heteroatoms. The van der Waals surface area contributed by atoms with Crippen LogP contribution in [0.2, 0.25) is 0 Å². The van der Waals surface area contributed by atoms with Crippen LogP contribution in [-0.4, -0.2) is 32.3 Å². The molecule has 3 nitrogen and oxygen atoms in total. The zero-order chi connectivity index (χ0) is 12.1. The van der Waals surface area contributed by atoms with Gasteiger partial charge in [-0.15, -0.1) is 0 Å². The average molecular weight is 234 g/mol. The summed E-state index contributed by atoms with van der Waals surface area (Å²) in [4.78, 5) is 0. The minimum atomic E-state index is 0.557. The first-order chi connectivity index (χ1) is 8.29. The Bertz CT molecular complexity index is 359. The van der Waals surface area contributed by atoms with Gasteiger partial charge < -0.3 is 15.4 Å². The first-order valence-corrected chi connectivity index (χ1v) is 6.46. The quantitative estimate of drug-likeness (QED) is 0.828. The summed E-state index contributed by atoms with van der Waals surface area (Å²) >= 11 is 0. The first kappa shape index (κ1) is 12.4. The van der Waals surface area contributed by atoms with Crippen LogP contribution < -0.4 is 15.4 Å². The van der Waals surface area contributed by atoms with E-state index in [1.165, 1.54) is 11.1 Å². The minimum Gasteiger partial charge on any atom is -0.494 e. The second-order valence-electron chi connectivity index (χ2n) is 4.59. The van der Waals surface area contributed by atoms with Gasteiger partial charge in [-0.1, -0.05) is 12.1 Å². The lowest BCUT2D eigenvalue weighted by atomic mass is 10.0. The zero-order valence-corrected chi connectivity index (χ0v) is 10.8. The molecule has 2 rings (SSSR count). The standard InChI is InChI=1S/C14H22N2O/c1-3-17-14-5-4-12(8-11(14)2)9-13-10-15-6-7-16-13/h4-5,8,13,15-16H,3,6-7,9-10H2,1-2H3. The molecule has 0 amide bonds. The third-order valence-electron chi connectivity index (χ3n) is 3.15. The van der Waals surface area contributed by atoms with Crippen molar-refractivity contribution in [2.45, 2.75) is 26.3 Å². The van der Waals surface area contributed by atoms with Gasteiger partial charge in [0.25, 0.3) is 0 Å². The molecule has 1 unspecified atom stereocenters. The number of hydrogen-bond donors (Lipinski definition) is 2. The summed E-state index contributed by atoms with van der Waals surface area (Å²) in [6.45, 7) is 8.08. The van der Waals surface area contributed by atoms with E-state index in [1.807, 2.05) is 6.92 Å². The van der Waals surface area contributed by atoms with Crippen molar-refractivity contribution in [1.29, 1.82) is 0 Å². The molecule has 1 aliphatic rings. The molecule has 0 bridgehead atoms. The topological polar surface area (TPSA) is 33.3 Å². The smallest absolute Gasteiger partial charge is 0.122 e. The van der Waals surface area contributed by atoms with Crippen molar-refractivity contribution in [3.63, 3.8) is 0 Å². The van der Waals surface area contributed by atoms with Gasteiger partial charge in [0.1, 0.15) is 5.75 Å². The van der Waals surface area contributed by atoms with Gasteiger partial charge in [0.2, 0.25) is 0 Å². The summed E-state index contributed by atoms with van der Waals surface area (Å²) in [5.74, 6) is 1.01. The lowest BCUT2D eigenvalue weighted by Crippen LogP contribution is -2.49. The minimum absolute atomic E-state index is 0.557. The molecule has 1 saturated heterocycles. The van der Waals surface area contributed by atoms with Crippen LogP contribution in [0.1, 0.15) is 18.1 Å². The number of hydrogen-bond acceptors (Lipinski definition) is 3. The van der Waals surface area contributed by atoms with Crippen LogP contribution in [0.4, 0.5) is 0 Å². The van der Waals surface area contributed by atoms with E-state index in [-0.39, 0.29) is 0 Å². The zero-order valence-electron chi connectivity index (χ0n) is 10.8. The maximum atomic E-state index is 5.55. The predicted octanol–water partition coefficient (Wildman–Crippen LogP) is 1.50. The summed E-state index contributed by atoms with van der Waals surface area (Å²) in [5.41, 5.74) is 2.61. The van der Waals surface area contributed by atoms with Crippen molar-refractivity contribution in [1.82, 2.24) is 10.6 Å². The highest BCUT2D eigenvalue weighted by Crippen LogP contribution is 2.19. The Morgan fingerprint density at radius 3 is 2.88 bits per heavy atom. The highest BCUT2D eigenvalue weighted by molar-refractivity contribution is 5.36. The Kier molecular flexibility index (Phi) is 4.40. The number of benzene rings is 1. The number of piperazine rings is 1. The normalized spacial score (nSPS) is 20.2. The van der Waals surface area contributed by atoms with E-state index in [2.05, 4.69) is 35.8 Å². The molecule has 0 aliphatic carbocycles. The van der Waals surface area contributed by atoms with E-state index in [0.29, 0.717) is 6.04 Å². The van der Waals surface area contributed by atoms with Crippen molar-refractivity contribution in [3.05, 3.63) is 29.3 Å². The van der Waals surface area contributed by atoms with Gasteiger partial charge >= 0.3 is 0 Å². The van der Waals surface area contributed by atoms with Crippen LogP contribution in [0.25, 0.3) is 0 Å². The second-order valence-corrected chi connectivity index (χ2v) is 4.59.